The molecule has 1 unspecified atom stereocenters. The average Bonchev–Trinajstić information content (AvgIpc) is 2.41. The van der Waals surface area contributed by atoms with Gasteiger partial charge in [0.1, 0.15) is 11.6 Å². The van der Waals surface area contributed by atoms with Crippen LogP contribution in [0.1, 0.15) is 17.2 Å². The number of aliphatic hydroxyl groups excluding tert-OH is 1. The van der Waals surface area contributed by atoms with Gasteiger partial charge in [0.15, 0.2) is 0 Å². The summed E-state index contributed by atoms with van der Waals surface area (Å²) in [5.74, 6) is -1.37. The van der Waals surface area contributed by atoms with Gasteiger partial charge in [0.05, 0.1) is 10.6 Å². The normalized spacial score (nSPS) is 12.5. The van der Waals surface area contributed by atoms with Crippen molar-refractivity contribution in [1.29, 1.82) is 0 Å². The summed E-state index contributed by atoms with van der Waals surface area (Å²) in [6, 6.07) is 7.50. The van der Waals surface area contributed by atoms with Crippen LogP contribution in [0, 0.1) is 15.2 Å². The predicted molar refractivity (Wildman–Crippen MR) is 86.9 cm³/mol. The monoisotopic (exact) mass is 472 g/mol. The molecule has 0 aromatic heterocycles. The van der Waals surface area contributed by atoms with Crippen LogP contribution in [0.5, 0.6) is 0 Å². The van der Waals surface area contributed by atoms with Gasteiger partial charge >= 0.3 is 0 Å². The van der Waals surface area contributed by atoms with E-state index >= 15 is 0 Å². The van der Waals surface area contributed by atoms with Gasteiger partial charge in [0.25, 0.3) is 0 Å². The summed E-state index contributed by atoms with van der Waals surface area (Å²) in [5.41, 5.74) is 0.402. The lowest BCUT2D eigenvalue weighted by molar-refractivity contribution is 0.174. The molecule has 106 valence electrons. The van der Waals surface area contributed by atoms with E-state index in [4.69, 9.17) is 11.6 Å². The van der Waals surface area contributed by atoms with Crippen LogP contribution in [0.3, 0.4) is 0 Å². The Hall–Kier alpha value is -0.240. The summed E-state index contributed by atoms with van der Waals surface area (Å²) in [7, 11) is 0. The smallest absolute Gasteiger partial charge is 0.143 e. The number of halogens is 5. The first kappa shape index (κ1) is 16.1. The van der Waals surface area contributed by atoms with E-state index in [0.717, 1.165) is 9.64 Å². The number of aliphatic hydroxyl groups is 1. The second kappa shape index (κ2) is 6.68. The molecule has 2 aromatic carbocycles. The maximum absolute atomic E-state index is 13.9. The Morgan fingerprint density at radius 1 is 1.25 bits per heavy atom. The molecule has 0 radical (unpaired) electrons. The third-order valence-electron chi connectivity index (χ3n) is 2.85. The Morgan fingerprint density at radius 3 is 2.65 bits per heavy atom. The molecule has 1 atom stereocenters. The first-order valence-electron chi connectivity index (χ1n) is 5.65. The first-order valence-corrected chi connectivity index (χ1v) is 7.90. The van der Waals surface area contributed by atoms with E-state index in [1.54, 1.807) is 18.2 Å². The molecule has 0 aliphatic heterocycles. The van der Waals surface area contributed by atoms with E-state index in [2.05, 4.69) is 15.9 Å². The van der Waals surface area contributed by atoms with Crippen molar-refractivity contribution >= 4 is 50.1 Å². The molecule has 6 heteroatoms. The van der Waals surface area contributed by atoms with E-state index in [1.807, 2.05) is 22.6 Å². The lowest BCUT2D eigenvalue weighted by atomic mass is 10.0. The van der Waals surface area contributed by atoms with Crippen LogP contribution in [0.25, 0.3) is 0 Å². The van der Waals surface area contributed by atoms with Gasteiger partial charge in [-0.05, 0) is 74.4 Å². The molecule has 2 aromatic rings. The zero-order valence-electron chi connectivity index (χ0n) is 10.0. The maximum Gasteiger partial charge on any atom is 0.143 e. The minimum atomic E-state index is -1.03. The summed E-state index contributed by atoms with van der Waals surface area (Å²) < 4.78 is 28.5. The lowest BCUT2D eigenvalue weighted by Gasteiger charge is -2.15. The molecular weight excluding hydrogens is 464 g/mol. The van der Waals surface area contributed by atoms with Crippen LogP contribution in [0.2, 0.25) is 5.02 Å². The van der Waals surface area contributed by atoms with Crippen molar-refractivity contribution in [2.75, 3.05) is 0 Å². The topological polar surface area (TPSA) is 20.2 Å². The zero-order valence-corrected chi connectivity index (χ0v) is 14.5. The third kappa shape index (κ3) is 3.50. The average molecular weight is 473 g/mol. The van der Waals surface area contributed by atoms with Crippen molar-refractivity contribution in [3.8, 4) is 0 Å². The molecule has 0 spiro atoms. The first-order chi connectivity index (χ1) is 9.40. The van der Waals surface area contributed by atoms with Crippen LogP contribution in [0.15, 0.2) is 34.8 Å². The number of hydrogen-bond donors (Lipinski definition) is 1. The van der Waals surface area contributed by atoms with Crippen molar-refractivity contribution < 1.29 is 13.9 Å². The fourth-order valence-electron chi connectivity index (χ4n) is 1.83. The summed E-state index contributed by atoms with van der Waals surface area (Å²) >= 11 is 10.9. The van der Waals surface area contributed by atoms with E-state index < -0.39 is 17.7 Å². The summed E-state index contributed by atoms with van der Waals surface area (Å²) in [6.07, 6.45) is -1.19. The fraction of sp³-hybridized carbons (Fsp3) is 0.143. The highest BCUT2D eigenvalue weighted by molar-refractivity contribution is 14.1. The Morgan fingerprint density at radius 2 is 1.95 bits per heavy atom. The summed E-state index contributed by atoms with van der Waals surface area (Å²) in [5, 5.41) is 10.7. The molecule has 0 heterocycles. The molecule has 2 rings (SSSR count). The highest BCUT2D eigenvalue weighted by atomic mass is 127. The Balaban J connectivity index is 2.35. The van der Waals surface area contributed by atoms with E-state index in [9.17, 15) is 13.9 Å². The molecular formula is C14H9BrClF2IO. The summed E-state index contributed by atoms with van der Waals surface area (Å²) in [6.45, 7) is 0. The number of hydrogen-bond acceptors (Lipinski definition) is 1. The SMILES string of the molecule is OC(Cc1c(F)ccc(Br)c1F)c1cc(Cl)ccc1I. The number of rotatable bonds is 3. The van der Waals surface area contributed by atoms with E-state index in [0.29, 0.717) is 10.6 Å². The third-order valence-corrected chi connectivity index (χ3v) is 4.68. The largest absolute Gasteiger partial charge is 0.388 e. The zero-order chi connectivity index (χ0) is 14.9. The Labute approximate surface area is 142 Å². The molecule has 0 aliphatic carbocycles. The van der Waals surface area contributed by atoms with Gasteiger partial charge in [-0.2, -0.15) is 0 Å². The van der Waals surface area contributed by atoms with Crippen LogP contribution in [0.4, 0.5) is 8.78 Å². The van der Waals surface area contributed by atoms with Gasteiger partial charge in [-0.25, -0.2) is 8.78 Å². The van der Waals surface area contributed by atoms with Crippen molar-refractivity contribution in [2.45, 2.75) is 12.5 Å². The van der Waals surface area contributed by atoms with Crippen LogP contribution < -0.4 is 0 Å². The van der Waals surface area contributed by atoms with E-state index in [-0.39, 0.29) is 16.5 Å². The quantitative estimate of drug-likeness (QED) is 0.476. The highest BCUT2D eigenvalue weighted by Crippen LogP contribution is 2.29. The lowest BCUT2D eigenvalue weighted by Crippen LogP contribution is -2.07. The van der Waals surface area contributed by atoms with Gasteiger partial charge in [-0.1, -0.05) is 11.6 Å². The van der Waals surface area contributed by atoms with Crippen molar-refractivity contribution in [3.63, 3.8) is 0 Å². The molecule has 0 saturated heterocycles. The minimum absolute atomic E-state index is 0.150. The second-order valence-electron chi connectivity index (χ2n) is 4.21. The van der Waals surface area contributed by atoms with Crippen LogP contribution in [-0.2, 0) is 6.42 Å². The molecule has 1 nitrogen and oxygen atoms in total. The second-order valence-corrected chi connectivity index (χ2v) is 6.66. The standard InChI is InChI=1S/C14H9BrClF2IO/c15-10-2-3-11(17)8(14(10)18)6-13(20)9-5-7(16)1-4-12(9)19/h1-5,13,20H,6H2. The molecule has 0 saturated carbocycles. The summed E-state index contributed by atoms with van der Waals surface area (Å²) in [4.78, 5) is 0. The molecule has 20 heavy (non-hydrogen) atoms. The molecule has 0 bridgehead atoms. The van der Waals surface area contributed by atoms with Gasteiger partial charge in [0, 0.05) is 20.6 Å². The van der Waals surface area contributed by atoms with Crippen molar-refractivity contribution in [1.82, 2.24) is 0 Å². The Bertz CT molecular complexity index is 651. The number of benzene rings is 2. The van der Waals surface area contributed by atoms with Gasteiger partial charge in [-0.15, -0.1) is 0 Å². The molecule has 0 fully saturated rings. The van der Waals surface area contributed by atoms with Crippen molar-refractivity contribution in [2.24, 2.45) is 0 Å². The molecule has 0 amide bonds. The Kier molecular flexibility index (Phi) is 5.39. The van der Waals surface area contributed by atoms with Crippen LogP contribution in [-0.4, -0.2) is 5.11 Å². The van der Waals surface area contributed by atoms with Crippen LogP contribution >= 0.6 is 50.1 Å². The highest BCUT2D eigenvalue weighted by Gasteiger charge is 2.19. The van der Waals surface area contributed by atoms with Gasteiger partial charge in [0.2, 0.25) is 0 Å². The predicted octanol–water partition coefficient (Wildman–Crippen LogP) is 5.26. The van der Waals surface area contributed by atoms with Gasteiger partial charge in [-0.3, -0.25) is 0 Å². The fourth-order valence-corrected chi connectivity index (χ4v) is 3.08. The maximum atomic E-state index is 13.9. The van der Waals surface area contributed by atoms with E-state index in [1.165, 1.54) is 6.07 Å². The van der Waals surface area contributed by atoms with Gasteiger partial charge < -0.3 is 5.11 Å². The minimum Gasteiger partial charge on any atom is -0.388 e. The molecule has 1 N–H and O–H groups in total. The van der Waals surface area contributed by atoms with Crippen molar-refractivity contribution in [3.05, 3.63) is 66.2 Å². The molecule has 0 aliphatic rings.